The van der Waals surface area contributed by atoms with Crippen molar-refractivity contribution in [1.82, 2.24) is 0 Å². The van der Waals surface area contributed by atoms with Crippen LogP contribution in [0.4, 0.5) is 5.69 Å². The SMILES string of the molecule is O=C(CS)c1ccc(NS(=O)(=O)c2csc3ccccc23)cc1. The molecule has 0 aliphatic rings. The van der Waals surface area contributed by atoms with Crippen LogP contribution in [0.2, 0.25) is 0 Å². The number of rotatable bonds is 5. The molecular formula is C16H13NO3S3. The molecule has 2 aromatic carbocycles. The number of fused-ring (bicyclic) bond motifs is 1. The van der Waals surface area contributed by atoms with Gasteiger partial charge in [0, 0.05) is 26.7 Å². The van der Waals surface area contributed by atoms with Crippen molar-refractivity contribution in [2.75, 3.05) is 10.5 Å². The molecule has 1 heterocycles. The van der Waals surface area contributed by atoms with Crippen molar-refractivity contribution >= 4 is 55.5 Å². The Labute approximate surface area is 143 Å². The lowest BCUT2D eigenvalue weighted by Crippen LogP contribution is -2.12. The van der Waals surface area contributed by atoms with Gasteiger partial charge in [-0.1, -0.05) is 18.2 Å². The molecule has 3 aromatic rings. The molecule has 7 heteroatoms. The molecule has 0 bridgehead atoms. The fourth-order valence-electron chi connectivity index (χ4n) is 2.19. The normalized spacial score (nSPS) is 11.5. The Bertz CT molecular complexity index is 960. The van der Waals surface area contributed by atoms with E-state index in [1.807, 2.05) is 18.2 Å². The van der Waals surface area contributed by atoms with Crippen LogP contribution in [0.5, 0.6) is 0 Å². The van der Waals surface area contributed by atoms with Gasteiger partial charge >= 0.3 is 0 Å². The maximum Gasteiger partial charge on any atom is 0.263 e. The maximum atomic E-state index is 12.6. The van der Waals surface area contributed by atoms with Crippen LogP contribution in [0.25, 0.3) is 10.1 Å². The monoisotopic (exact) mass is 363 g/mol. The number of ketones is 1. The Hall–Kier alpha value is -1.83. The van der Waals surface area contributed by atoms with Gasteiger partial charge in [0.25, 0.3) is 10.0 Å². The second-order valence-electron chi connectivity index (χ2n) is 4.86. The lowest BCUT2D eigenvalue weighted by Gasteiger charge is -2.08. The highest BCUT2D eigenvalue weighted by molar-refractivity contribution is 7.93. The first-order valence-corrected chi connectivity index (χ1v) is 9.74. The number of sulfonamides is 1. The second-order valence-corrected chi connectivity index (χ2v) is 7.74. The van der Waals surface area contributed by atoms with Gasteiger partial charge in [0.2, 0.25) is 0 Å². The van der Waals surface area contributed by atoms with Gasteiger partial charge in [-0.3, -0.25) is 9.52 Å². The molecular weight excluding hydrogens is 350 g/mol. The molecule has 3 rings (SSSR count). The zero-order chi connectivity index (χ0) is 16.4. The van der Waals surface area contributed by atoms with Gasteiger partial charge < -0.3 is 0 Å². The minimum Gasteiger partial charge on any atom is -0.293 e. The van der Waals surface area contributed by atoms with Crippen LogP contribution in [0.15, 0.2) is 58.8 Å². The largest absolute Gasteiger partial charge is 0.293 e. The fourth-order valence-corrected chi connectivity index (χ4v) is 4.93. The minimum atomic E-state index is -3.67. The van der Waals surface area contributed by atoms with Crippen LogP contribution in [0.1, 0.15) is 10.4 Å². The van der Waals surface area contributed by atoms with Gasteiger partial charge in [-0.15, -0.1) is 11.3 Å². The highest BCUT2D eigenvalue weighted by Gasteiger charge is 2.19. The Balaban J connectivity index is 1.91. The third-order valence-corrected chi connectivity index (χ3v) is 6.16. The average Bonchev–Trinajstić information content (AvgIpc) is 2.99. The van der Waals surface area contributed by atoms with Gasteiger partial charge in [0.1, 0.15) is 4.90 Å². The number of hydrogen-bond donors (Lipinski definition) is 2. The molecule has 0 atom stereocenters. The van der Waals surface area contributed by atoms with Crippen molar-refractivity contribution in [3.8, 4) is 0 Å². The summed E-state index contributed by atoms with van der Waals surface area (Å²) in [7, 11) is -3.67. The Morgan fingerprint density at radius 3 is 2.48 bits per heavy atom. The summed E-state index contributed by atoms with van der Waals surface area (Å²) in [6.45, 7) is 0. The molecule has 0 fully saturated rings. The molecule has 0 saturated heterocycles. The highest BCUT2D eigenvalue weighted by atomic mass is 32.2. The number of benzene rings is 2. The van der Waals surface area contributed by atoms with E-state index in [-0.39, 0.29) is 16.4 Å². The van der Waals surface area contributed by atoms with E-state index in [9.17, 15) is 13.2 Å². The lowest BCUT2D eigenvalue weighted by atomic mass is 10.1. The molecule has 0 spiro atoms. The van der Waals surface area contributed by atoms with Gasteiger partial charge in [0.05, 0.1) is 5.75 Å². The maximum absolute atomic E-state index is 12.6. The van der Waals surface area contributed by atoms with Gasteiger partial charge in [-0.2, -0.15) is 12.6 Å². The summed E-state index contributed by atoms with van der Waals surface area (Å²) in [6, 6.07) is 13.7. The predicted molar refractivity (Wildman–Crippen MR) is 97.3 cm³/mol. The molecule has 1 N–H and O–H groups in total. The van der Waals surface area contributed by atoms with Gasteiger partial charge in [-0.05, 0) is 30.3 Å². The van der Waals surface area contributed by atoms with Crippen LogP contribution in [-0.4, -0.2) is 20.0 Å². The van der Waals surface area contributed by atoms with Crippen molar-refractivity contribution in [1.29, 1.82) is 0 Å². The summed E-state index contributed by atoms with van der Waals surface area (Å²) >= 11 is 5.32. The molecule has 0 amide bonds. The third-order valence-electron chi connectivity index (χ3n) is 3.34. The number of Topliss-reactive ketones (excluding diaryl/α,β-unsaturated/α-hetero) is 1. The van der Waals surface area contributed by atoms with E-state index in [2.05, 4.69) is 17.4 Å². The minimum absolute atomic E-state index is 0.105. The fraction of sp³-hybridized carbons (Fsp3) is 0.0625. The van der Waals surface area contributed by atoms with Crippen LogP contribution in [0, 0.1) is 0 Å². The summed E-state index contributed by atoms with van der Waals surface area (Å²) < 4.78 is 28.6. The summed E-state index contributed by atoms with van der Waals surface area (Å²) in [5.41, 5.74) is 0.917. The molecule has 0 aliphatic heterocycles. The molecule has 0 radical (unpaired) electrons. The van der Waals surface area contributed by atoms with E-state index in [0.29, 0.717) is 16.6 Å². The number of carbonyl (C=O) groups excluding carboxylic acids is 1. The molecule has 118 valence electrons. The Morgan fingerprint density at radius 1 is 1.09 bits per heavy atom. The number of thiol groups is 1. The molecule has 1 aromatic heterocycles. The summed E-state index contributed by atoms with van der Waals surface area (Å²) in [5, 5.41) is 2.33. The lowest BCUT2D eigenvalue weighted by molar-refractivity contribution is 0.102. The van der Waals surface area contributed by atoms with Gasteiger partial charge in [-0.25, -0.2) is 8.42 Å². The summed E-state index contributed by atoms with van der Waals surface area (Å²) in [5.74, 6) is 0.0120. The van der Waals surface area contributed by atoms with Crippen LogP contribution in [0.3, 0.4) is 0 Å². The quantitative estimate of drug-likeness (QED) is 0.535. The smallest absolute Gasteiger partial charge is 0.263 e. The predicted octanol–water partition coefficient (Wildman–Crippen LogP) is 3.81. The number of thiophene rings is 1. The van der Waals surface area contributed by atoms with E-state index in [0.717, 1.165) is 4.70 Å². The zero-order valence-electron chi connectivity index (χ0n) is 11.9. The highest BCUT2D eigenvalue weighted by Crippen LogP contribution is 2.30. The van der Waals surface area contributed by atoms with Crippen molar-refractivity contribution in [2.24, 2.45) is 0 Å². The standard InChI is InChI=1S/C16H13NO3S3/c18-14(9-21)11-5-7-12(8-6-11)17-23(19,20)16-10-22-15-4-2-1-3-13(15)16/h1-8,10,17,21H,9H2. The topological polar surface area (TPSA) is 63.2 Å². The van der Waals surface area contributed by atoms with Crippen molar-refractivity contribution in [3.63, 3.8) is 0 Å². The van der Waals surface area contributed by atoms with Gasteiger partial charge in [0.15, 0.2) is 5.78 Å². The third kappa shape index (κ3) is 3.26. The summed E-state index contributed by atoms with van der Waals surface area (Å²) in [6.07, 6.45) is 0. The van der Waals surface area contributed by atoms with Crippen LogP contribution >= 0.6 is 24.0 Å². The van der Waals surface area contributed by atoms with E-state index in [1.165, 1.54) is 11.3 Å². The Kier molecular flexibility index (Phi) is 4.43. The van der Waals surface area contributed by atoms with Crippen molar-refractivity contribution < 1.29 is 13.2 Å². The zero-order valence-corrected chi connectivity index (χ0v) is 14.4. The summed E-state index contributed by atoms with van der Waals surface area (Å²) in [4.78, 5) is 11.8. The number of hydrogen-bond acceptors (Lipinski definition) is 5. The molecule has 0 unspecified atom stereocenters. The number of carbonyl (C=O) groups is 1. The van der Waals surface area contributed by atoms with E-state index >= 15 is 0 Å². The molecule has 23 heavy (non-hydrogen) atoms. The van der Waals surface area contributed by atoms with Crippen molar-refractivity contribution in [2.45, 2.75) is 4.90 Å². The van der Waals surface area contributed by atoms with Crippen LogP contribution < -0.4 is 4.72 Å². The first-order valence-electron chi connectivity index (χ1n) is 6.74. The first kappa shape index (κ1) is 16.0. The van der Waals surface area contributed by atoms with Crippen LogP contribution in [-0.2, 0) is 10.0 Å². The molecule has 4 nitrogen and oxygen atoms in total. The van der Waals surface area contributed by atoms with E-state index in [1.54, 1.807) is 35.7 Å². The van der Waals surface area contributed by atoms with E-state index < -0.39 is 10.0 Å². The average molecular weight is 363 g/mol. The number of nitrogens with one attached hydrogen (secondary N) is 1. The molecule has 0 aliphatic carbocycles. The first-order chi connectivity index (χ1) is 11.0. The Morgan fingerprint density at radius 2 is 1.78 bits per heavy atom. The van der Waals surface area contributed by atoms with Crippen molar-refractivity contribution in [3.05, 3.63) is 59.5 Å². The number of anilines is 1. The van der Waals surface area contributed by atoms with E-state index in [4.69, 9.17) is 0 Å². The molecule has 0 saturated carbocycles. The second kappa shape index (κ2) is 6.35.